The van der Waals surface area contributed by atoms with Crippen LogP contribution in [-0.2, 0) is 20.7 Å². The number of hydrogen-bond acceptors (Lipinski definition) is 9. The predicted octanol–water partition coefficient (Wildman–Crippen LogP) is 2.82. The summed E-state index contributed by atoms with van der Waals surface area (Å²) in [7, 11) is 0. The van der Waals surface area contributed by atoms with Crippen molar-refractivity contribution < 1.29 is 19.1 Å². The number of carbonyl (C=O) groups excluding carboxylic acids is 2. The molecule has 1 unspecified atom stereocenters. The van der Waals surface area contributed by atoms with Crippen LogP contribution in [0.4, 0.5) is 5.95 Å². The highest BCUT2D eigenvalue weighted by Crippen LogP contribution is 2.32. The van der Waals surface area contributed by atoms with Gasteiger partial charge in [-0.3, -0.25) is 9.59 Å². The first-order valence-corrected chi connectivity index (χ1v) is 12.1. The average Bonchev–Trinajstić information content (AvgIpc) is 3.32. The summed E-state index contributed by atoms with van der Waals surface area (Å²) in [6, 6.07) is 9.44. The standard InChI is InChI=1S/C24H27N5O4S/c1-3-32-20-8-5-4-7-19(20)22-27-18(16-34-22)15-21(30)33-17(2)23(31)28-11-13-29(14-12-28)24-25-9-6-10-26-24/h4-10,16-17H,3,11-15H2,1-2H3. The van der Waals surface area contributed by atoms with Crippen molar-refractivity contribution in [2.24, 2.45) is 0 Å². The zero-order chi connectivity index (χ0) is 23.9. The first-order chi connectivity index (χ1) is 16.5. The fourth-order valence-electron chi connectivity index (χ4n) is 3.71. The Morgan fingerprint density at radius 2 is 1.82 bits per heavy atom. The summed E-state index contributed by atoms with van der Waals surface area (Å²) in [6.07, 6.45) is 2.54. The molecule has 2 aromatic heterocycles. The van der Waals surface area contributed by atoms with Gasteiger partial charge in [-0.05, 0) is 32.0 Å². The molecule has 178 valence electrons. The largest absolute Gasteiger partial charge is 0.493 e. The molecule has 1 aromatic carbocycles. The second-order valence-corrected chi connectivity index (χ2v) is 8.60. The molecule has 0 radical (unpaired) electrons. The number of benzene rings is 1. The number of ether oxygens (including phenoxy) is 2. The van der Waals surface area contributed by atoms with Crippen molar-refractivity contribution in [3.8, 4) is 16.3 Å². The van der Waals surface area contributed by atoms with E-state index in [0.717, 1.165) is 16.3 Å². The van der Waals surface area contributed by atoms with E-state index in [4.69, 9.17) is 9.47 Å². The van der Waals surface area contributed by atoms with Gasteiger partial charge in [0.2, 0.25) is 5.95 Å². The van der Waals surface area contributed by atoms with Gasteiger partial charge in [0.05, 0.1) is 24.3 Å². The molecule has 1 atom stereocenters. The number of piperazine rings is 1. The molecule has 0 spiro atoms. The minimum atomic E-state index is -0.858. The molecule has 34 heavy (non-hydrogen) atoms. The third-order valence-electron chi connectivity index (χ3n) is 5.38. The SMILES string of the molecule is CCOc1ccccc1-c1nc(CC(=O)OC(C)C(=O)N2CCN(c3ncccn3)CC2)cs1. The van der Waals surface area contributed by atoms with Gasteiger partial charge in [-0.1, -0.05) is 12.1 Å². The van der Waals surface area contributed by atoms with Gasteiger partial charge in [0.15, 0.2) is 6.10 Å². The number of hydrogen-bond donors (Lipinski definition) is 0. The number of amides is 1. The van der Waals surface area contributed by atoms with Crippen LogP contribution in [0.1, 0.15) is 19.5 Å². The smallest absolute Gasteiger partial charge is 0.312 e. The number of carbonyl (C=O) groups is 2. The topological polar surface area (TPSA) is 97.8 Å². The lowest BCUT2D eigenvalue weighted by Gasteiger charge is -2.35. The van der Waals surface area contributed by atoms with E-state index in [-0.39, 0.29) is 12.3 Å². The van der Waals surface area contributed by atoms with Crippen molar-refractivity contribution in [3.63, 3.8) is 0 Å². The molecular formula is C24H27N5O4S. The molecule has 1 saturated heterocycles. The molecule has 1 fully saturated rings. The number of esters is 1. The van der Waals surface area contributed by atoms with Crippen molar-refractivity contribution in [2.45, 2.75) is 26.4 Å². The molecule has 1 amide bonds. The van der Waals surface area contributed by atoms with Crippen molar-refractivity contribution in [1.82, 2.24) is 19.9 Å². The first kappa shape index (κ1) is 23.6. The van der Waals surface area contributed by atoms with Gasteiger partial charge in [0.25, 0.3) is 5.91 Å². The summed E-state index contributed by atoms with van der Waals surface area (Å²) >= 11 is 1.44. The van der Waals surface area contributed by atoms with Crippen LogP contribution in [0.2, 0.25) is 0 Å². The maximum atomic E-state index is 12.8. The molecular weight excluding hydrogens is 454 g/mol. The van der Waals surface area contributed by atoms with Gasteiger partial charge >= 0.3 is 5.97 Å². The van der Waals surface area contributed by atoms with Crippen molar-refractivity contribution in [3.05, 3.63) is 53.8 Å². The zero-order valence-electron chi connectivity index (χ0n) is 19.2. The molecule has 3 aromatic rings. The molecule has 0 saturated carbocycles. The lowest BCUT2D eigenvalue weighted by molar-refractivity contribution is -0.158. The van der Waals surface area contributed by atoms with E-state index in [1.807, 2.05) is 41.5 Å². The van der Waals surface area contributed by atoms with E-state index >= 15 is 0 Å². The second-order valence-electron chi connectivity index (χ2n) is 7.74. The number of nitrogens with zero attached hydrogens (tertiary/aromatic N) is 5. The molecule has 9 nitrogen and oxygen atoms in total. The summed E-state index contributed by atoms with van der Waals surface area (Å²) in [5.41, 5.74) is 1.49. The van der Waals surface area contributed by atoms with Gasteiger partial charge in [0, 0.05) is 44.0 Å². The van der Waals surface area contributed by atoms with Crippen LogP contribution in [0.25, 0.3) is 10.6 Å². The Labute approximate surface area is 202 Å². The van der Waals surface area contributed by atoms with Crippen LogP contribution < -0.4 is 9.64 Å². The monoisotopic (exact) mass is 481 g/mol. The molecule has 1 aliphatic rings. The molecule has 4 rings (SSSR count). The van der Waals surface area contributed by atoms with E-state index in [0.29, 0.717) is 44.4 Å². The van der Waals surface area contributed by atoms with Crippen LogP contribution in [0.15, 0.2) is 48.1 Å². The molecule has 0 aliphatic carbocycles. The fourth-order valence-corrected chi connectivity index (χ4v) is 4.56. The van der Waals surface area contributed by atoms with Gasteiger partial charge in [-0.25, -0.2) is 15.0 Å². The number of aromatic nitrogens is 3. The molecule has 10 heteroatoms. The lowest BCUT2D eigenvalue weighted by atomic mass is 10.2. The minimum Gasteiger partial charge on any atom is -0.493 e. The molecule has 0 N–H and O–H groups in total. The lowest BCUT2D eigenvalue weighted by Crippen LogP contribution is -2.52. The summed E-state index contributed by atoms with van der Waals surface area (Å²) in [6.45, 7) is 6.39. The first-order valence-electron chi connectivity index (χ1n) is 11.2. The van der Waals surface area contributed by atoms with Crippen LogP contribution in [0.3, 0.4) is 0 Å². The van der Waals surface area contributed by atoms with E-state index in [2.05, 4.69) is 15.0 Å². The van der Waals surface area contributed by atoms with Crippen molar-refractivity contribution >= 4 is 29.2 Å². The van der Waals surface area contributed by atoms with E-state index in [1.54, 1.807) is 30.3 Å². The maximum absolute atomic E-state index is 12.8. The number of anilines is 1. The Morgan fingerprint density at radius 1 is 1.09 bits per heavy atom. The minimum absolute atomic E-state index is 0.00401. The van der Waals surface area contributed by atoms with Crippen molar-refractivity contribution in [1.29, 1.82) is 0 Å². The van der Waals surface area contributed by atoms with Crippen LogP contribution in [0.5, 0.6) is 5.75 Å². The Kier molecular flexibility index (Phi) is 7.69. The van der Waals surface area contributed by atoms with Gasteiger partial charge in [0.1, 0.15) is 10.8 Å². The Hall–Kier alpha value is -3.53. The van der Waals surface area contributed by atoms with Crippen molar-refractivity contribution in [2.75, 3.05) is 37.7 Å². The van der Waals surface area contributed by atoms with E-state index < -0.39 is 12.1 Å². The summed E-state index contributed by atoms with van der Waals surface area (Å²) in [5.74, 6) is 0.728. The van der Waals surface area contributed by atoms with Crippen LogP contribution >= 0.6 is 11.3 Å². The van der Waals surface area contributed by atoms with Gasteiger partial charge in [-0.15, -0.1) is 11.3 Å². The predicted molar refractivity (Wildman–Crippen MR) is 129 cm³/mol. The van der Waals surface area contributed by atoms with E-state index in [1.165, 1.54) is 11.3 Å². The highest BCUT2D eigenvalue weighted by atomic mass is 32.1. The van der Waals surface area contributed by atoms with Gasteiger partial charge < -0.3 is 19.3 Å². The third kappa shape index (κ3) is 5.69. The van der Waals surface area contributed by atoms with E-state index in [9.17, 15) is 9.59 Å². The fraction of sp³-hybridized carbons (Fsp3) is 0.375. The zero-order valence-corrected chi connectivity index (χ0v) is 20.0. The van der Waals surface area contributed by atoms with Crippen LogP contribution in [0, 0.1) is 0 Å². The van der Waals surface area contributed by atoms with Gasteiger partial charge in [-0.2, -0.15) is 0 Å². The summed E-state index contributed by atoms with van der Waals surface area (Å²) in [4.78, 5) is 42.1. The highest BCUT2D eigenvalue weighted by molar-refractivity contribution is 7.13. The molecule has 0 bridgehead atoms. The number of para-hydroxylation sites is 1. The number of rotatable bonds is 8. The number of thiazole rings is 1. The Balaban J connectivity index is 1.29. The third-order valence-corrected chi connectivity index (χ3v) is 6.30. The normalized spacial score (nSPS) is 14.5. The summed E-state index contributed by atoms with van der Waals surface area (Å²) < 4.78 is 11.1. The Morgan fingerprint density at radius 3 is 2.56 bits per heavy atom. The quantitative estimate of drug-likeness (QED) is 0.453. The second kappa shape index (κ2) is 11.1. The maximum Gasteiger partial charge on any atom is 0.312 e. The van der Waals surface area contributed by atoms with Crippen LogP contribution in [-0.4, -0.2) is 70.6 Å². The molecule has 1 aliphatic heterocycles. The Bertz CT molecular complexity index is 1120. The highest BCUT2D eigenvalue weighted by Gasteiger charge is 2.28. The molecule has 3 heterocycles. The summed E-state index contributed by atoms with van der Waals surface area (Å²) in [5, 5.41) is 2.60. The average molecular weight is 482 g/mol.